The average Bonchev–Trinajstić information content (AvgIpc) is 2.31. The number of hydrogen-bond acceptors (Lipinski definition) is 5. The summed E-state index contributed by atoms with van der Waals surface area (Å²) in [5.74, 6) is -0.483. The summed E-state index contributed by atoms with van der Waals surface area (Å²) in [5.41, 5.74) is -0.227. The van der Waals surface area contributed by atoms with Crippen LogP contribution in [0.25, 0.3) is 6.08 Å². The van der Waals surface area contributed by atoms with Crippen molar-refractivity contribution in [3.63, 3.8) is 0 Å². The van der Waals surface area contributed by atoms with E-state index in [0.29, 0.717) is 6.42 Å². The van der Waals surface area contributed by atoms with E-state index in [0.717, 1.165) is 6.07 Å². The quantitative estimate of drug-likeness (QED) is 0.607. The van der Waals surface area contributed by atoms with Crippen molar-refractivity contribution in [2.24, 2.45) is 0 Å². The highest BCUT2D eigenvalue weighted by Gasteiger charge is 2.17. The van der Waals surface area contributed by atoms with Crippen molar-refractivity contribution in [3.8, 4) is 11.8 Å². The number of aromatic hydroxyl groups is 1. The van der Waals surface area contributed by atoms with Gasteiger partial charge in [0.1, 0.15) is 0 Å². The minimum Gasteiger partial charge on any atom is -0.502 e. The maximum atomic E-state index is 10.6. The summed E-state index contributed by atoms with van der Waals surface area (Å²) in [7, 11) is 0. The molecular formula is C11H10N2O4. The van der Waals surface area contributed by atoms with E-state index in [9.17, 15) is 15.2 Å². The zero-order chi connectivity index (χ0) is 12.8. The van der Waals surface area contributed by atoms with E-state index in [4.69, 9.17) is 10.4 Å². The fourth-order valence-electron chi connectivity index (χ4n) is 1.26. The molecule has 17 heavy (non-hydrogen) atoms. The summed E-state index contributed by atoms with van der Waals surface area (Å²) < 4.78 is 0. The minimum absolute atomic E-state index is 0.0582. The predicted molar refractivity (Wildman–Crippen MR) is 60.2 cm³/mol. The van der Waals surface area contributed by atoms with E-state index in [1.54, 1.807) is 12.1 Å². The Morgan fingerprint density at radius 2 is 2.24 bits per heavy atom. The van der Waals surface area contributed by atoms with Crippen molar-refractivity contribution in [2.75, 3.05) is 6.61 Å². The molecule has 1 aromatic carbocycles. The molecule has 0 unspecified atom stereocenters. The molecule has 1 aromatic rings. The van der Waals surface area contributed by atoms with Crippen molar-refractivity contribution < 1.29 is 15.1 Å². The lowest BCUT2D eigenvalue weighted by Gasteiger charge is -2.01. The van der Waals surface area contributed by atoms with Crippen LogP contribution in [0.15, 0.2) is 18.2 Å². The molecular weight excluding hydrogens is 224 g/mol. The molecule has 0 aliphatic heterocycles. The Morgan fingerprint density at radius 3 is 2.76 bits per heavy atom. The molecule has 0 bridgehead atoms. The van der Waals surface area contributed by atoms with Gasteiger partial charge < -0.3 is 10.2 Å². The standard InChI is InChI=1S/C11H10N2O4/c12-7-8-5-9(3-1-2-4-14)11(15)10(6-8)13(16)17/h1,3,5-6,14-15H,2,4H2. The minimum atomic E-state index is -0.750. The maximum absolute atomic E-state index is 10.6. The Bertz CT molecular complexity index is 503. The van der Waals surface area contributed by atoms with Crippen LogP contribution in [0.4, 0.5) is 5.69 Å². The zero-order valence-corrected chi connectivity index (χ0v) is 8.83. The molecule has 0 aliphatic carbocycles. The third-order valence-corrected chi connectivity index (χ3v) is 2.04. The number of aliphatic hydroxyl groups excluding tert-OH is 1. The molecule has 6 nitrogen and oxygen atoms in total. The summed E-state index contributed by atoms with van der Waals surface area (Å²) >= 11 is 0. The highest BCUT2D eigenvalue weighted by Crippen LogP contribution is 2.32. The highest BCUT2D eigenvalue weighted by molar-refractivity contribution is 5.67. The number of phenols is 1. The van der Waals surface area contributed by atoms with Gasteiger partial charge in [-0.3, -0.25) is 10.1 Å². The average molecular weight is 234 g/mol. The lowest BCUT2D eigenvalue weighted by molar-refractivity contribution is -0.385. The molecule has 1 rings (SSSR count). The van der Waals surface area contributed by atoms with E-state index >= 15 is 0 Å². The van der Waals surface area contributed by atoms with Gasteiger partial charge in [-0.2, -0.15) is 5.26 Å². The molecule has 0 spiro atoms. The lowest BCUT2D eigenvalue weighted by Crippen LogP contribution is -1.92. The highest BCUT2D eigenvalue weighted by atomic mass is 16.6. The van der Waals surface area contributed by atoms with Gasteiger partial charge in [-0.25, -0.2) is 0 Å². The molecule has 0 amide bonds. The molecule has 0 radical (unpaired) electrons. The van der Waals surface area contributed by atoms with Crippen LogP contribution in [-0.2, 0) is 0 Å². The fourth-order valence-corrected chi connectivity index (χ4v) is 1.26. The summed E-state index contributed by atoms with van der Waals surface area (Å²) in [6.07, 6.45) is 3.35. The van der Waals surface area contributed by atoms with Crippen LogP contribution in [-0.4, -0.2) is 21.7 Å². The molecule has 0 saturated carbocycles. The first-order valence-corrected chi connectivity index (χ1v) is 4.79. The SMILES string of the molecule is N#Cc1cc(C=CCCO)c(O)c([N+](=O)[O-])c1. The normalized spacial score (nSPS) is 10.4. The first-order chi connectivity index (χ1) is 8.10. The monoisotopic (exact) mass is 234 g/mol. The number of nitriles is 1. The smallest absolute Gasteiger partial charge is 0.312 e. The zero-order valence-electron chi connectivity index (χ0n) is 8.83. The van der Waals surface area contributed by atoms with Gasteiger partial charge in [0.15, 0.2) is 0 Å². The number of phenolic OH excluding ortho intramolecular Hbond substituents is 1. The first kappa shape index (κ1) is 12.7. The molecule has 0 fully saturated rings. The van der Waals surface area contributed by atoms with Crippen LogP contribution in [0.2, 0.25) is 0 Å². The van der Waals surface area contributed by atoms with E-state index in [2.05, 4.69) is 0 Å². The van der Waals surface area contributed by atoms with Gasteiger partial charge in [-0.05, 0) is 12.5 Å². The maximum Gasteiger partial charge on any atom is 0.312 e. The molecule has 88 valence electrons. The van der Waals surface area contributed by atoms with E-state index in [-0.39, 0.29) is 17.7 Å². The number of rotatable bonds is 4. The molecule has 0 heterocycles. The third-order valence-electron chi connectivity index (χ3n) is 2.04. The molecule has 0 aliphatic rings. The number of nitrogens with zero attached hydrogens (tertiary/aromatic N) is 2. The third kappa shape index (κ3) is 3.03. The van der Waals surface area contributed by atoms with Crippen LogP contribution >= 0.6 is 0 Å². The molecule has 6 heteroatoms. The first-order valence-electron chi connectivity index (χ1n) is 4.79. The van der Waals surface area contributed by atoms with E-state index < -0.39 is 16.4 Å². The molecule has 0 atom stereocenters. The number of nitro groups is 1. The second kappa shape index (κ2) is 5.63. The summed E-state index contributed by atoms with van der Waals surface area (Å²) in [5, 5.41) is 37.6. The number of benzene rings is 1. The summed E-state index contributed by atoms with van der Waals surface area (Å²) in [4.78, 5) is 9.89. The van der Waals surface area contributed by atoms with Gasteiger partial charge >= 0.3 is 5.69 Å². The molecule has 0 saturated heterocycles. The van der Waals surface area contributed by atoms with Crippen LogP contribution in [0.3, 0.4) is 0 Å². The second-order valence-electron chi connectivity index (χ2n) is 3.22. The van der Waals surface area contributed by atoms with Crippen LogP contribution in [0.1, 0.15) is 17.5 Å². The number of nitro benzene ring substituents is 1. The van der Waals surface area contributed by atoms with E-state index in [1.807, 2.05) is 0 Å². The van der Waals surface area contributed by atoms with Gasteiger partial charge in [-0.15, -0.1) is 0 Å². The van der Waals surface area contributed by atoms with Crippen molar-refractivity contribution in [1.29, 1.82) is 5.26 Å². The van der Waals surface area contributed by atoms with Gasteiger partial charge in [0.05, 0.1) is 16.6 Å². The lowest BCUT2D eigenvalue weighted by atomic mass is 10.1. The predicted octanol–water partition coefficient (Wildman–Crippen LogP) is 1.57. The Kier molecular flexibility index (Phi) is 4.20. The summed E-state index contributed by atoms with van der Waals surface area (Å²) in [6.45, 7) is -0.0582. The largest absolute Gasteiger partial charge is 0.502 e. The summed E-state index contributed by atoms with van der Waals surface area (Å²) in [6, 6.07) is 4.14. The van der Waals surface area contributed by atoms with Gasteiger partial charge in [0, 0.05) is 18.2 Å². The van der Waals surface area contributed by atoms with Crippen LogP contribution in [0, 0.1) is 21.4 Å². The Hall–Kier alpha value is -2.39. The van der Waals surface area contributed by atoms with E-state index in [1.165, 1.54) is 12.1 Å². The van der Waals surface area contributed by atoms with Crippen molar-refractivity contribution >= 4 is 11.8 Å². The van der Waals surface area contributed by atoms with Crippen LogP contribution in [0.5, 0.6) is 5.75 Å². The van der Waals surface area contributed by atoms with Crippen molar-refractivity contribution in [2.45, 2.75) is 6.42 Å². The van der Waals surface area contributed by atoms with Crippen molar-refractivity contribution in [3.05, 3.63) is 39.4 Å². The fraction of sp³-hybridized carbons (Fsp3) is 0.182. The van der Waals surface area contributed by atoms with Crippen LogP contribution < -0.4 is 0 Å². The number of aliphatic hydroxyl groups is 1. The topological polar surface area (TPSA) is 107 Å². The van der Waals surface area contributed by atoms with Crippen molar-refractivity contribution in [1.82, 2.24) is 0 Å². The van der Waals surface area contributed by atoms with Gasteiger partial charge in [0.25, 0.3) is 0 Å². The Labute approximate surface area is 97.2 Å². The molecule has 0 aromatic heterocycles. The number of hydrogen-bond donors (Lipinski definition) is 2. The molecule has 2 N–H and O–H groups in total. The van der Waals surface area contributed by atoms with Gasteiger partial charge in [-0.1, -0.05) is 12.2 Å². The van der Waals surface area contributed by atoms with Gasteiger partial charge in [0.2, 0.25) is 5.75 Å². The Balaban J connectivity index is 3.25. The second-order valence-corrected chi connectivity index (χ2v) is 3.22. The Morgan fingerprint density at radius 1 is 1.53 bits per heavy atom.